The molecular formula is C27H27NO6S. The van der Waals surface area contributed by atoms with Crippen molar-refractivity contribution < 1.29 is 27.5 Å². The number of ketones is 1. The van der Waals surface area contributed by atoms with Crippen LogP contribution >= 0.6 is 0 Å². The molecule has 7 nitrogen and oxygen atoms in total. The maximum Gasteiger partial charge on any atom is 0.338 e. The number of esters is 1. The number of fused-ring (bicyclic) bond motifs is 1. The second-order valence-corrected chi connectivity index (χ2v) is 10.3. The van der Waals surface area contributed by atoms with Crippen molar-refractivity contribution in [3.63, 3.8) is 0 Å². The average Bonchev–Trinajstić information content (AvgIpc) is 2.87. The number of aryl methyl sites for hydroxylation is 3. The Morgan fingerprint density at radius 3 is 2.54 bits per heavy atom. The van der Waals surface area contributed by atoms with Crippen molar-refractivity contribution in [3.8, 4) is 5.75 Å². The van der Waals surface area contributed by atoms with Crippen molar-refractivity contribution >= 4 is 27.5 Å². The predicted molar refractivity (Wildman–Crippen MR) is 133 cm³/mol. The molecule has 4 rings (SSSR count). The smallest absolute Gasteiger partial charge is 0.338 e. The molecule has 0 saturated heterocycles. The maximum atomic E-state index is 13.7. The first-order valence-corrected chi connectivity index (χ1v) is 12.7. The lowest BCUT2D eigenvalue weighted by Gasteiger charge is -2.30. The predicted octanol–water partition coefficient (Wildman–Crippen LogP) is 4.49. The Morgan fingerprint density at radius 1 is 1.00 bits per heavy atom. The highest BCUT2D eigenvalue weighted by molar-refractivity contribution is 7.93. The number of para-hydroxylation sites is 1. The van der Waals surface area contributed by atoms with Crippen molar-refractivity contribution in [3.05, 3.63) is 88.5 Å². The largest absolute Gasteiger partial charge is 0.495 e. The summed E-state index contributed by atoms with van der Waals surface area (Å²) in [5.41, 5.74) is 3.78. The van der Waals surface area contributed by atoms with Crippen LogP contribution in [0.3, 0.4) is 0 Å². The van der Waals surface area contributed by atoms with Crippen LogP contribution in [0, 0.1) is 13.8 Å². The number of hydrogen-bond donors (Lipinski definition) is 0. The molecule has 1 heterocycles. The Kier molecular flexibility index (Phi) is 6.93. The Bertz CT molecular complexity index is 1400. The number of nitrogens with zero attached hydrogens (tertiary/aromatic N) is 1. The van der Waals surface area contributed by atoms with Crippen molar-refractivity contribution in [1.82, 2.24) is 0 Å². The molecule has 0 spiro atoms. The van der Waals surface area contributed by atoms with Crippen molar-refractivity contribution in [2.45, 2.75) is 31.6 Å². The molecule has 3 aromatic rings. The molecule has 0 radical (unpaired) electrons. The normalized spacial score (nSPS) is 13.2. The minimum absolute atomic E-state index is 0.0171. The molecule has 8 heteroatoms. The minimum Gasteiger partial charge on any atom is -0.495 e. The first kappa shape index (κ1) is 24.5. The summed E-state index contributed by atoms with van der Waals surface area (Å²) in [5.74, 6) is -0.997. The molecule has 0 unspecified atom stereocenters. The van der Waals surface area contributed by atoms with E-state index in [9.17, 15) is 18.0 Å². The molecule has 0 amide bonds. The number of carbonyl (C=O) groups is 2. The zero-order valence-corrected chi connectivity index (χ0v) is 20.7. The van der Waals surface area contributed by atoms with E-state index in [0.717, 1.165) is 23.1 Å². The molecule has 0 aromatic heterocycles. The number of sulfonamides is 1. The molecule has 1 aliphatic heterocycles. The summed E-state index contributed by atoms with van der Waals surface area (Å²) in [6.45, 7) is 3.56. The molecule has 35 heavy (non-hydrogen) atoms. The fraction of sp³-hybridized carbons (Fsp3) is 0.259. The van der Waals surface area contributed by atoms with Crippen molar-refractivity contribution in [2.75, 3.05) is 24.6 Å². The van der Waals surface area contributed by atoms with Crippen molar-refractivity contribution in [1.29, 1.82) is 0 Å². The first-order chi connectivity index (χ1) is 16.7. The minimum atomic E-state index is -4.03. The van der Waals surface area contributed by atoms with E-state index in [1.165, 1.54) is 29.6 Å². The van der Waals surface area contributed by atoms with Gasteiger partial charge in [0.15, 0.2) is 6.61 Å². The lowest BCUT2D eigenvalue weighted by molar-refractivity contribution is 0.0474. The second kappa shape index (κ2) is 9.92. The highest BCUT2D eigenvalue weighted by Gasteiger charge is 2.32. The van der Waals surface area contributed by atoms with Crippen LogP contribution < -0.4 is 9.04 Å². The number of Topliss-reactive ketones (excluding diaryl/α,β-unsaturated/α-hetero) is 1. The molecular weight excluding hydrogens is 466 g/mol. The molecule has 0 aliphatic carbocycles. The third-order valence-corrected chi connectivity index (χ3v) is 7.90. The highest BCUT2D eigenvalue weighted by Crippen LogP contribution is 2.35. The zero-order valence-electron chi connectivity index (χ0n) is 19.9. The highest BCUT2D eigenvalue weighted by atomic mass is 32.2. The summed E-state index contributed by atoms with van der Waals surface area (Å²) in [5, 5.41) is 0. The molecule has 182 valence electrons. The number of rotatable bonds is 7. The average molecular weight is 494 g/mol. The van der Waals surface area contributed by atoms with Crippen LogP contribution in [0.4, 0.5) is 5.69 Å². The summed E-state index contributed by atoms with van der Waals surface area (Å²) >= 11 is 0. The second-order valence-electron chi connectivity index (χ2n) is 8.49. The molecule has 0 atom stereocenters. The fourth-order valence-corrected chi connectivity index (χ4v) is 5.93. The Morgan fingerprint density at radius 2 is 1.77 bits per heavy atom. The van der Waals surface area contributed by atoms with Crippen LogP contribution in [-0.4, -0.2) is 40.4 Å². The van der Waals surface area contributed by atoms with Gasteiger partial charge in [0.25, 0.3) is 10.0 Å². The SMILES string of the molecule is COc1ccc(C(=O)OCC(=O)c2cc(C)ccc2C)cc1S(=O)(=O)N1CCCc2ccccc21. The van der Waals surface area contributed by atoms with Gasteiger partial charge in [0.1, 0.15) is 10.6 Å². The van der Waals surface area contributed by atoms with Gasteiger partial charge in [-0.15, -0.1) is 0 Å². The van der Waals surface area contributed by atoms with Gasteiger partial charge in [-0.1, -0.05) is 35.9 Å². The third kappa shape index (κ3) is 4.93. The van der Waals surface area contributed by atoms with E-state index in [1.54, 1.807) is 18.2 Å². The van der Waals surface area contributed by atoms with Gasteiger partial charge in [-0.05, 0) is 68.1 Å². The van der Waals surface area contributed by atoms with Crippen LogP contribution in [-0.2, 0) is 21.2 Å². The fourth-order valence-electron chi connectivity index (χ4n) is 4.20. The van der Waals surface area contributed by atoms with Crippen LogP contribution in [0.15, 0.2) is 65.6 Å². The molecule has 0 N–H and O–H groups in total. The van der Waals surface area contributed by atoms with Gasteiger partial charge in [0.05, 0.1) is 18.4 Å². The number of hydrogen-bond acceptors (Lipinski definition) is 6. The summed E-state index contributed by atoms with van der Waals surface area (Å²) in [6.07, 6.45) is 1.47. The lowest BCUT2D eigenvalue weighted by Crippen LogP contribution is -2.35. The Hall–Kier alpha value is -3.65. The zero-order chi connectivity index (χ0) is 25.2. The van der Waals surface area contributed by atoms with E-state index >= 15 is 0 Å². The Labute approximate surface area is 205 Å². The van der Waals surface area contributed by atoms with E-state index in [1.807, 2.05) is 38.1 Å². The summed E-state index contributed by atoms with van der Waals surface area (Å²) in [6, 6.07) is 16.9. The van der Waals surface area contributed by atoms with Crippen LogP contribution in [0.5, 0.6) is 5.75 Å². The van der Waals surface area contributed by atoms with Gasteiger partial charge in [-0.2, -0.15) is 0 Å². The molecule has 0 bridgehead atoms. The Balaban J connectivity index is 1.60. The maximum absolute atomic E-state index is 13.7. The van der Waals surface area contributed by atoms with E-state index < -0.39 is 22.6 Å². The summed E-state index contributed by atoms with van der Waals surface area (Å²) in [7, 11) is -2.65. The summed E-state index contributed by atoms with van der Waals surface area (Å²) < 4.78 is 39.2. The van der Waals surface area contributed by atoms with E-state index in [-0.39, 0.29) is 22.0 Å². The topological polar surface area (TPSA) is 90.0 Å². The van der Waals surface area contributed by atoms with Crippen molar-refractivity contribution in [2.24, 2.45) is 0 Å². The van der Waals surface area contributed by atoms with Gasteiger partial charge in [0, 0.05) is 12.1 Å². The molecule has 0 saturated carbocycles. The van der Waals surface area contributed by atoms with Gasteiger partial charge in [0.2, 0.25) is 5.78 Å². The number of ether oxygens (including phenoxy) is 2. The number of carbonyl (C=O) groups excluding carboxylic acids is 2. The van der Waals surface area contributed by atoms with E-state index in [2.05, 4.69) is 0 Å². The van der Waals surface area contributed by atoms with Gasteiger partial charge >= 0.3 is 5.97 Å². The number of methoxy groups -OCH3 is 1. The van der Waals surface area contributed by atoms with Gasteiger partial charge in [-0.25, -0.2) is 13.2 Å². The van der Waals surface area contributed by atoms with Crippen LogP contribution in [0.1, 0.15) is 43.8 Å². The summed E-state index contributed by atoms with van der Waals surface area (Å²) in [4.78, 5) is 25.2. The monoisotopic (exact) mass is 493 g/mol. The molecule has 3 aromatic carbocycles. The third-order valence-electron chi connectivity index (χ3n) is 6.06. The first-order valence-electron chi connectivity index (χ1n) is 11.3. The number of benzene rings is 3. The molecule has 0 fully saturated rings. The van der Waals surface area contributed by atoms with Gasteiger partial charge < -0.3 is 9.47 Å². The molecule has 1 aliphatic rings. The quantitative estimate of drug-likeness (QED) is 0.356. The standard InChI is InChI=1S/C27H27NO6S/c1-18-10-11-19(2)22(15-18)24(29)17-34-27(30)21-12-13-25(33-3)26(16-21)35(31,32)28-14-6-8-20-7-4-5-9-23(20)28/h4-5,7,9-13,15-16H,6,8,14,17H2,1-3H3. The van der Waals surface area contributed by atoms with E-state index in [4.69, 9.17) is 9.47 Å². The number of anilines is 1. The van der Waals surface area contributed by atoms with E-state index in [0.29, 0.717) is 24.2 Å². The van der Waals surface area contributed by atoms with Crippen LogP contribution in [0.2, 0.25) is 0 Å². The lowest BCUT2D eigenvalue weighted by atomic mass is 10.0. The van der Waals surface area contributed by atoms with Gasteiger partial charge in [-0.3, -0.25) is 9.10 Å². The van der Waals surface area contributed by atoms with Crippen LogP contribution in [0.25, 0.3) is 0 Å².